The number of carbonyl (C=O) groups is 3. The van der Waals surface area contributed by atoms with E-state index in [2.05, 4.69) is 41.3 Å². The Bertz CT molecular complexity index is 1890. The summed E-state index contributed by atoms with van der Waals surface area (Å²) in [5.74, 6) is -1.02. The summed E-state index contributed by atoms with van der Waals surface area (Å²) in [6.07, 6.45) is 4.02. The van der Waals surface area contributed by atoms with Crippen LogP contribution >= 0.6 is 35.2 Å². The molecule has 2 unspecified atom stereocenters. The highest BCUT2D eigenvalue weighted by atomic mass is 32.2. The Balaban J connectivity index is 0.0000132. The summed E-state index contributed by atoms with van der Waals surface area (Å²) >= 11 is 1.15. The number of unbranched alkanes of at least 4 members (excludes halogenated alkanes) is 8. The van der Waals surface area contributed by atoms with Gasteiger partial charge in [0, 0.05) is 37.1 Å². The summed E-state index contributed by atoms with van der Waals surface area (Å²) in [6.45, 7) is 2.76. The molecule has 0 radical (unpaired) electrons. The molecule has 25 nitrogen and oxygen atoms in total. The van der Waals surface area contributed by atoms with Crippen LogP contribution in [0.5, 0.6) is 0 Å². The minimum atomic E-state index is -5.57. The zero-order valence-corrected chi connectivity index (χ0v) is 38.4. The van der Waals surface area contributed by atoms with Gasteiger partial charge in [-0.25, -0.2) is 28.6 Å². The lowest BCUT2D eigenvalue weighted by Crippen LogP contribution is -2.46. The highest BCUT2D eigenvalue weighted by molar-refractivity contribution is 8.13. The van der Waals surface area contributed by atoms with Gasteiger partial charge in [0.2, 0.25) is 11.8 Å². The summed E-state index contributed by atoms with van der Waals surface area (Å²) in [4.78, 5) is 88.0. The predicted octanol–water partition coefficient (Wildman–Crippen LogP) is 2.75. The number of phosphoric acid groups is 3. The molecule has 1 fully saturated rings. The third-order valence-corrected chi connectivity index (χ3v) is 13.3. The molecule has 29 heteroatoms. The van der Waals surface area contributed by atoms with E-state index < -0.39 is 84.6 Å². The van der Waals surface area contributed by atoms with Gasteiger partial charge in [-0.2, -0.15) is 4.31 Å². The number of nitrogens with one attached hydrogen (secondary N) is 2. The molecule has 0 aliphatic carbocycles. The van der Waals surface area contributed by atoms with Crippen molar-refractivity contribution in [1.29, 1.82) is 0 Å². The van der Waals surface area contributed by atoms with Crippen molar-refractivity contribution in [2.45, 2.75) is 122 Å². The molecule has 0 bridgehead atoms. The number of hydrogen-bond acceptors (Lipinski definition) is 19. The van der Waals surface area contributed by atoms with Gasteiger partial charge < -0.3 is 57.0 Å². The molecule has 0 aromatic carbocycles. The molecule has 1 aliphatic rings. The van der Waals surface area contributed by atoms with Crippen molar-refractivity contribution in [2.75, 3.05) is 37.8 Å². The van der Waals surface area contributed by atoms with Crippen LogP contribution in [0.1, 0.15) is 97.6 Å². The first kappa shape index (κ1) is 55.7. The summed E-state index contributed by atoms with van der Waals surface area (Å²) in [6, 6.07) is 0. The number of carbonyl (C=O) groups excluding carboxylic acids is 3. The van der Waals surface area contributed by atoms with E-state index in [1.807, 2.05) is 0 Å². The number of imidazole rings is 1. The first-order chi connectivity index (χ1) is 28.6. The second kappa shape index (κ2) is 25.9. The molecule has 356 valence electrons. The van der Waals surface area contributed by atoms with Gasteiger partial charge in [-0.15, -0.1) is 0 Å². The number of nitrogens with zero attached hydrogens (tertiary/aromatic N) is 4. The third-order valence-electron chi connectivity index (χ3n) is 9.25. The SMILES string of the molecule is CCCCCCCCCCCC(=O)SCCNC(=O)CCNC(=O)[C@H](O)C(C)(C)COP(=O)(O)OP(=O)(O)OC[C@H]1O[C@@H](n2cnc3c(N)ncnc32)[C@H](O)[C@@H]1OP(=O)(O)O.N. The van der Waals surface area contributed by atoms with Gasteiger partial charge in [-0.3, -0.25) is 32.5 Å². The van der Waals surface area contributed by atoms with Gasteiger partial charge in [0.05, 0.1) is 19.5 Å². The Labute approximate surface area is 363 Å². The highest BCUT2D eigenvalue weighted by Crippen LogP contribution is 2.61. The lowest BCUT2D eigenvalue weighted by molar-refractivity contribution is -0.137. The molecule has 0 saturated carbocycles. The van der Waals surface area contributed by atoms with Crippen LogP contribution < -0.4 is 22.5 Å². The maximum Gasteiger partial charge on any atom is 0.481 e. The number of rotatable bonds is 29. The van der Waals surface area contributed by atoms with E-state index in [4.69, 9.17) is 19.5 Å². The average molecular weight is 967 g/mol. The fourth-order valence-corrected chi connectivity index (χ4v) is 9.50. The number of aliphatic hydroxyl groups is 2. The minimum absolute atomic E-state index is 0. The second-order valence-corrected chi connectivity index (χ2v) is 20.3. The van der Waals surface area contributed by atoms with Gasteiger partial charge in [0.25, 0.3) is 0 Å². The second-order valence-electron chi connectivity index (χ2n) is 14.9. The Morgan fingerprint density at radius 1 is 0.935 bits per heavy atom. The summed E-state index contributed by atoms with van der Waals surface area (Å²) in [5.41, 5.74) is 4.28. The smallest absolute Gasteiger partial charge is 0.386 e. The van der Waals surface area contributed by atoms with E-state index in [-0.39, 0.29) is 47.8 Å². The molecule has 2 aromatic heterocycles. The fourth-order valence-electron chi connectivity index (χ4n) is 5.95. The first-order valence-electron chi connectivity index (χ1n) is 19.6. The zero-order valence-electron chi connectivity index (χ0n) is 34.9. The summed E-state index contributed by atoms with van der Waals surface area (Å²) in [7, 11) is -16.4. The monoisotopic (exact) mass is 966 g/mol. The lowest BCUT2D eigenvalue weighted by Gasteiger charge is -2.30. The van der Waals surface area contributed by atoms with E-state index in [9.17, 15) is 57.9 Å². The molecule has 7 atom stereocenters. The number of hydrogen-bond donors (Lipinski definition) is 10. The van der Waals surface area contributed by atoms with Crippen molar-refractivity contribution in [3.63, 3.8) is 0 Å². The fraction of sp³-hybridized carbons (Fsp3) is 0.758. The number of nitrogen functional groups attached to an aromatic ring is 1. The lowest BCUT2D eigenvalue weighted by atomic mass is 9.87. The normalized spacial score (nSPS) is 20.5. The van der Waals surface area contributed by atoms with Crippen molar-refractivity contribution in [3.05, 3.63) is 12.7 Å². The number of aliphatic hydroxyl groups excluding tert-OH is 2. The van der Waals surface area contributed by atoms with Gasteiger partial charge in [0.1, 0.15) is 36.3 Å². The van der Waals surface area contributed by atoms with Gasteiger partial charge >= 0.3 is 23.5 Å². The van der Waals surface area contributed by atoms with E-state index in [1.165, 1.54) is 52.4 Å². The molecule has 1 saturated heterocycles. The van der Waals surface area contributed by atoms with Crippen LogP contribution in [-0.2, 0) is 50.7 Å². The van der Waals surface area contributed by atoms with E-state index >= 15 is 0 Å². The Morgan fingerprint density at radius 3 is 2.21 bits per heavy atom. The number of aromatic nitrogens is 4. The zero-order chi connectivity index (χ0) is 45.4. The molecule has 62 heavy (non-hydrogen) atoms. The van der Waals surface area contributed by atoms with Crippen molar-refractivity contribution in [2.24, 2.45) is 5.41 Å². The minimum Gasteiger partial charge on any atom is -0.386 e. The predicted molar refractivity (Wildman–Crippen MR) is 224 cm³/mol. The number of fused-ring (bicyclic) bond motifs is 1. The largest absolute Gasteiger partial charge is 0.481 e. The number of anilines is 1. The number of ether oxygens (including phenoxy) is 1. The van der Waals surface area contributed by atoms with E-state index in [0.29, 0.717) is 12.2 Å². The number of amides is 2. The van der Waals surface area contributed by atoms with Crippen molar-refractivity contribution >= 4 is 69.1 Å². The van der Waals surface area contributed by atoms with Gasteiger partial charge in [0.15, 0.2) is 22.8 Å². The summed E-state index contributed by atoms with van der Waals surface area (Å²) in [5, 5.41) is 26.6. The molecule has 2 aromatic rings. The van der Waals surface area contributed by atoms with Crippen LogP contribution in [0.3, 0.4) is 0 Å². The molecule has 3 heterocycles. The van der Waals surface area contributed by atoms with Crippen molar-refractivity contribution in [1.82, 2.24) is 36.3 Å². The van der Waals surface area contributed by atoms with Crippen molar-refractivity contribution in [3.8, 4) is 0 Å². The standard InChI is InChI=1S/C33H58N7O17P3S.H3N/c1-4-5-6-7-8-9-10-11-12-13-24(42)61-17-16-35-23(41)14-15-36-31(45)28(44)33(2,3)19-54-60(51,52)57-59(49,50)53-18-22-27(56-58(46,47)48)26(43)32(55-22)40-21-39-25-29(34)37-20-38-30(25)40;/h20-22,26-28,32,43-44H,4-19H2,1-3H3,(H,35,41)(H,36,45)(H,49,50)(H,51,52)(H2,34,37,38)(H2,46,47,48);1H3/t22-,26-,27-,28+,32-;/m1./s1. The van der Waals surface area contributed by atoms with Gasteiger partial charge in [-0.05, 0) is 6.42 Å². The van der Waals surface area contributed by atoms with Crippen LogP contribution in [0.2, 0.25) is 0 Å². The molecule has 1 aliphatic heterocycles. The average Bonchev–Trinajstić information content (AvgIpc) is 3.73. The molecule has 2 amide bonds. The molecular weight excluding hydrogens is 905 g/mol. The summed E-state index contributed by atoms with van der Waals surface area (Å²) < 4.78 is 62.3. The van der Waals surface area contributed by atoms with Crippen LogP contribution in [0.25, 0.3) is 11.2 Å². The Hall–Kier alpha value is -2.48. The maximum absolute atomic E-state index is 12.7. The topological polar surface area (TPSA) is 399 Å². The molecule has 3 rings (SSSR count). The van der Waals surface area contributed by atoms with Gasteiger partial charge in [-0.1, -0.05) is 83.9 Å². The molecular formula is C33H61N8O17P3S. The molecule has 13 N–H and O–H groups in total. The molecule has 0 spiro atoms. The highest BCUT2D eigenvalue weighted by Gasteiger charge is 2.50. The van der Waals surface area contributed by atoms with Crippen LogP contribution in [0.4, 0.5) is 5.82 Å². The number of thioether (sulfide) groups is 1. The van der Waals surface area contributed by atoms with E-state index in [0.717, 1.165) is 48.2 Å². The Morgan fingerprint density at radius 2 is 1.56 bits per heavy atom. The van der Waals surface area contributed by atoms with Crippen LogP contribution in [0.15, 0.2) is 12.7 Å². The number of nitrogens with two attached hydrogens (primary N) is 1. The van der Waals surface area contributed by atoms with E-state index in [1.54, 1.807) is 0 Å². The van der Waals surface area contributed by atoms with Crippen LogP contribution in [-0.4, -0.2) is 123 Å². The quantitative estimate of drug-likeness (QED) is 0.0414. The van der Waals surface area contributed by atoms with Crippen LogP contribution in [0, 0.1) is 5.41 Å². The maximum atomic E-state index is 12.7. The third kappa shape index (κ3) is 18.9. The Kier molecular flexibility index (Phi) is 23.2. The first-order valence-corrected chi connectivity index (χ1v) is 25.1. The van der Waals surface area contributed by atoms with Crippen molar-refractivity contribution < 1.29 is 80.5 Å². The number of phosphoric ester groups is 3.